The topological polar surface area (TPSA) is 53.1 Å². The van der Waals surface area contributed by atoms with Crippen LogP contribution in [0.1, 0.15) is 29.8 Å². The molecule has 0 fully saturated rings. The molecule has 2 N–H and O–H groups in total. The summed E-state index contributed by atoms with van der Waals surface area (Å²) in [5.74, 6) is 0.758. The molecule has 0 radical (unpaired) electrons. The van der Waals surface area contributed by atoms with Gasteiger partial charge in [-0.3, -0.25) is 4.68 Å². The van der Waals surface area contributed by atoms with Crippen LogP contribution in [-0.4, -0.2) is 9.78 Å². The molecule has 0 unspecified atom stereocenters. The van der Waals surface area contributed by atoms with Crippen molar-refractivity contribution in [2.24, 2.45) is 12.8 Å². The third-order valence-electron chi connectivity index (χ3n) is 3.11. The minimum absolute atomic E-state index is 0.0939. The molecule has 0 saturated carbocycles. The molecule has 6 heteroatoms. The summed E-state index contributed by atoms with van der Waals surface area (Å²) in [4.78, 5) is 0. The lowest BCUT2D eigenvalue weighted by Gasteiger charge is -2.14. The predicted molar refractivity (Wildman–Crippen MR) is 84.0 cm³/mol. The van der Waals surface area contributed by atoms with E-state index in [0.717, 1.165) is 27.0 Å². The molecule has 0 saturated heterocycles. The van der Waals surface area contributed by atoms with Gasteiger partial charge in [-0.2, -0.15) is 5.10 Å². The molecule has 2 rings (SSSR count). The number of aromatic nitrogens is 2. The molecular formula is C14H17BrClN3O. The van der Waals surface area contributed by atoms with Crippen molar-refractivity contribution in [3.8, 4) is 5.75 Å². The molecule has 4 nitrogen and oxygen atoms in total. The van der Waals surface area contributed by atoms with Gasteiger partial charge in [-0.1, -0.05) is 33.6 Å². The van der Waals surface area contributed by atoms with Crippen LogP contribution >= 0.6 is 27.5 Å². The van der Waals surface area contributed by atoms with E-state index in [-0.39, 0.29) is 6.04 Å². The number of nitrogens with two attached hydrogens (primary N) is 1. The van der Waals surface area contributed by atoms with Gasteiger partial charge in [0.1, 0.15) is 17.5 Å². The van der Waals surface area contributed by atoms with Crippen LogP contribution in [0.2, 0.25) is 5.15 Å². The van der Waals surface area contributed by atoms with Crippen LogP contribution in [0.3, 0.4) is 0 Å². The number of rotatable bonds is 4. The van der Waals surface area contributed by atoms with E-state index in [9.17, 15) is 0 Å². The molecule has 1 atom stereocenters. The highest BCUT2D eigenvalue weighted by atomic mass is 79.9. The van der Waals surface area contributed by atoms with Gasteiger partial charge in [0.2, 0.25) is 0 Å². The Kier molecular flexibility index (Phi) is 4.73. The van der Waals surface area contributed by atoms with Crippen LogP contribution in [0.5, 0.6) is 5.75 Å². The predicted octanol–water partition coefficient (Wildman–Crippen LogP) is 3.74. The molecular weight excluding hydrogens is 342 g/mol. The maximum absolute atomic E-state index is 6.20. The van der Waals surface area contributed by atoms with Crippen LogP contribution in [-0.2, 0) is 13.7 Å². The van der Waals surface area contributed by atoms with Gasteiger partial charge in [-0.15, -0.1) is 0 Å². The van der Waals surface area contributed by atoms with Crippen LogP contribution in [0, 0.1) is 6.92 Å². The zero-order valence-electron chi connectivity index (χ0n) is 11.7. The number of halogens is 2. The first-order valence-corrected chi connectivity index (χ1v) is 7.43. The van der Waals surface area contributed by atoms with Crippen molar-refractivity contribution < 1.29 is 4.74 Å². The van der Waals surface area contributed by atoms with Crippen LogP contribution in [0.15, 0.2) is 22.7 Å². The zero-order chi connectivity index (χ0) is 14.9. The Morgan fingerprint density at radius 1 is 1.50 bits per heavy atom. The SMILES string of the molecule is Cc1nn(C)c(Cl)c1COc1cc(Br)ccc1[C@@H](C)N. The molecule has 0 spiro atoms. The third kappa shape index (κ3) is 3.16. The largest absolute Gasteiger partial charge is 0.488 e. The molecule has 0 aliphatic carbocycles. The molecule has 1 aromatic carbocycles. The van der Waals surface area contributed by atoms with Gasteiger partial charge in [0.25, 0.3) is 0 Å². The smallest absolute Gasteiger partial charge is 0.133 e. The highest BCUT2D eigenvalue weighted by Gasteiger charge is 2.14. The summed E-state index contributed by atoms with van der Waals surface area (Å²) in [5, 5.41) is 4.87. The first kappa shape index (κ1) is 15.4. The Hall–Kier alpha value is -1.04. The maximum atomic E-state index is 6.20. The minimum Gasteiger partial charge on any atom is -0.488 e. The molecule has 0 aliphatic heterocycles. The van der Waals surface area contributed by atoms with E-state index >= 15 is 0 Å². The fraction of sp³-hybridized carbons (Fsp3) is 0.357. The second-order valence-corrected chi connectivity index (χ2v) is 6.01. The highest BCUT2D eigenvalue weighted by Crippen LogP contribution is 2.29. The Bertz CT molecular complexity index is 625. The van der Waals surface area contributed by atoms with E-state index in [1.807, 2.05) is 39.1 Å². The van der Waals surface area contributed by atoms with Crippen molar-refractivity contribution in [2.45, 2.75) is 26.5 Å². The van der Waals surface area contributed by atoms with E-state index in [1.54, 1.807) is 4.68 Å². The molecule has 0 amide bonds. The molecule has 0 aliphatic rings. The molecule has 1 heterocycles. The zero-order valence-corrected chi connectivity index (χ0v) is 14.0. The van der Waals surface area contributed by atoms with Gasteiger partial charge in [-0.05, 0) is 26.0 Å². The van der Waals surface area contributed by atoms with Gasteiger partial charge in [0.15, 0.2) is 0 Å². The normalized spacial score (nSPS) is 12.5. The van der Waals surface area contributed by atoms with E-state index in [1.165, 1.54) is 0 Å². The fourth-order valence-electron chi connectivity index (χ4n) is 2.00. The summed E-state index contributed by atoms with van der Waals surface area (Å²) in [7, 11) is 1.81. The second-order valence-electron chi connectivity index (χ2n) is 4.74. The van der Waals surface area contributed by atoms with Gasteiger partial charge < -0.3 is 10.5 Å². The minimum atomic E-state index is -0.0939. The Morgan fingerprint density at radius 2 is 2.20 bits per heavy atom. The summed E-state index contributed by atoms with van der Waals surface area (Å²) in [5.41, 5.74) is 8.69. The molecule has 2 aromatic rings. The summed E-state index contributed by atoms with van der Waals surface area (Å²) in [6, 6.07) is 5.73. The van der Waals surface area contributed by atoms with Gasteiger partial charge in [0.05, 0.1) is 5.69 Å². The lowest BCUT2D eigenvalue weighted by atomic mass is 10.1. The summed E-state index contributed by atoms with van der Waals surface area (Å²) in [6.07, 6.45) is 0. The number of hydrogen-bond acceptors (Lipinski definition) is 3. The van der Waals surface area contributed by atoms with Gasteiger partial charge >= 0.3 is 0 Å². The number of nitrogens with zero attached hydrogens (tertiary/aromatic N) is 2. The fourth-order valence-corrected chi connectivity index (χ4v) is 2.57. The van der Waals surface area contributed by atoms with E-state index in [2.05, 4.69) is 21.0 Å². The van der Waals surface area contributed by atoms with Crippen LogP contribution in [0.4, 0.5) is 0 Å². The average Bonchev–Trinajstić information content (AvgIpc) is 2.61. The number of benzene rings is 1. The highest BCUT2D eigenvalue weighted by molar-refractivity contribution is 9.10. The second kappa shape index (κ2) is 6.16. The first-order valence-electron chi connectivity index (χ1n) is 6.26. The summed E-state index contributed by atoms with van der Waals surface area (Å²) >= 11 is 9.64. The molecule has 108 valence electrons. The number of hydrogen-bond donors (Lipinski definition) is 1. The molecule has 20 heavy (non-hydrogen) atoms. The van der Waals surface area contributed by atoms with E-state index in [4.69, 9.17) is 22.1 Å². The molecule has 0 bridgehead atoms. The average molecular weight is 359 g/mol. The van der Waals surface area contributed by atoms with Crippen molar-refractivity contribution in [1.29, 1.82) is 0 Å². The Labute approximate surface area is 132 Å². The quantitative estimate of drug-likeness (QED) is 0.905. The van der Waals surface area contributed by atoms with E-state index in [0.29, 0.717) is 11.8 Å². The number of ether oxygens (including phenoxy) is 1. The first-order chi connectivity index (χ1) is 9.40. The van der Waals surface area contributed by atoms with Gasteiger partial charge in [0, 0.05) is 28.7 Å². The Morgan fingerprint density at radius 3 is 2.75 bits per heavy atom. The standard InChI is InChI=1S/C14H17BrClN3O/c1-8(17)11-5-4-10(15)6-13(11)20-7-12-9(2)18-19(3)14(12)16/h4-6,8H,7,17H2,1-3H3/t8-/m1/s1. The monoisotopic (exact) mass is 357 g/mol. The van der Waals surface area contributed by atoms with Gasteiger partial charge in [-0.25, -0.2) is 0 Å². The molecule has 1 aromatic heterocycles. The van der Waals surface area contributed by atoms with Crippen molar-refractivity contribution in [2.75, 3.05) is 0 Å². The maximum Gasteiger partial charge on any atom is 0.133 e. The van der Waals surface area contributed by atoms with E-state index < -0.39 is 0 Å². The van der Waals surface area contributed by atoms with Crippen molar-refractivity contribution in [3.05, 3.63) is 44.6 Å². The van der Waals surface area contributed by atoms with Crippen molar-refractivity contribution >= 4 is 27.5 Å². The van der Waals surface area contributed by atoms with Crippen LogP contribution in [0.25, 0.3) is 0 Å². The third-order valence-corrected chi connectivity index (χ3v) is 4.07. The lowest BCUT2D eigenvalue weighted by Crippen LogP contribution is -2.08. The van der Waals surface area contributed by atoms with Crippen molar-refractivity contribution in [1.82, 2.24) is 9.78 Å². The summed E-state index contributed by atoms with van der Waals surface area (Å²) < 4.78 is 8.48. The lowest BCUT2D eigenvalue weighted by molar-refractivity contribution is 0.300. The summed E-state index contributed by atoms with van der Waals surface area (Å²) in [6.45, 7) is 4.21. The number of aryl methyl sites for hydroxylation is 2. The Balaban J connectivity index is 2.24. The van der Waals surface area contributed by atoms with Crippen LogP contribution < -0.4 is 10.5 Å². The van der Waals surface area contributed by atoms with Crippen molar-refractivity contribution in [3.63, 3.8) is 0 Å².